The van der Waals surface area contributed by atoms with Gasteiger partial charge in [0.05, 0.1) is 0 Å². The lowest BCUT2D eigenvalue weighted by Gasteiger charge is -2.38. The van der Waals surface area contributed by atoms with E-state index in [9.17, 15) is 4.79 Å². The lowest BCUT2D eigenvalue weighted by Crippen LogP contribution is -2.43. The third-order valence-corrected chi connectivity index (χ3v) is 2.91. The fourth-order valence-electron chi connectivity index (χ4n) is 1.57. The Labute approximate surface area is 73.9 Å². The quantitative estimate of drug-likeness (QED) is 0.626. The van der Waals surface area contributed by atoms with Crippen LogP contribution in [0.4, 0.5) is 0 Å². The van der Waals surface area contributed by atoms with Gasteiger partial charge in [0.2, 0.25) is 5.91 Å². The van der Waals surface area contributed by atoms with Gasteiger partial charge in [-0.15, -0.1) is 0 Å². The van der Waals surface area contributed by atoms with Crippen molar-refractivity contribution in [3.05, 3.63) is 0 Å². The summed E-state index contributed by atoms with van der Waals surface area (Å²) in [6.45, 7) is 6.32. The number of nitrogens with two attached hydrogens (primary N) is 1. The number of hydrogen-bond acceptors (Lipinski definition) is 2. The first-order chi connectivity index (χ1) is 5.57. The van der Waals surface area contributed by atoms with E-state index in [-0.39, 0.29) is 11.3 Å². The van der Waals surface area contributed by atoms with Gasteiger partial charge >= 0.3 is 0 Å². The molecule has 1 fully saturated rings. The second kappa shape index (κ2) is 3.44. The zero-order valence-corrected chi connectivity index (χ0v) is 7.97. The Kier molecular flexibility index (Phi) is 2.73. The highest BCUT2D eigenvalue weighted by Gasteiger charge is 2.29. The molecule has 0 unspecified atom stereocenters. The van der Waals surface area contributed by atoms with E-state index in [1.165, 1.54) is 0 Å². The van der Waals surface area contributed by atoms with Gasteiger partial charge in [0.15, 0.2) is 0 Å². The SMILES string of the molecule is CC(=O)N1CCC(C)(CN)CC1. The molecule has 1 rings (SSSR count). The molecule has 3 heteroatoms. The lowest BCUT2D eigenvalue weighted by atomic mass is 9.80. The summed E-state index contributed by atoms with van der Waals surface area (Å²) in [6.07, 6.45) is 2.09. The Morgan fingerprint density at radius 1 is 1.50 bits per heavy atom. The van der Waals surface area contributed by atoms with Gasteiger partial charge in [-0.05, 0) is 24.8 Å². The average Bonchev–Trinajstić information content (AvgIpc) is 2.05. The topological polar surface area (TPSA) is 46.3 Å². The minimum atomic E-state index is 0.189. The van der Waals surface area contributed by atoms with E-state index in [4.69, 9.17) is 5.73 Å². The van der Waals surface area contributed by atoms with Crippen LogP contribution in [-0.4, -0.2) is 30.4 Å². The predicted molar refractivity (Wildman–Crippen MR) is 48.6 cm³/mol. The standard InChI is InChI=1S/C9H18N2O/c1-8(12)11-5-3-9(2,7-10)4-6-11/h3-7,10H2,1-2H3. The summed E-state index contributed by atoms with van der Waals surface area (Å²) in [5.74, 6) is 0.189. The van der Waals surface area contributed by atoms with E-state index >= 15 is 0 Å². The third-order valence-electron chi connectivity index (χ3n) is 2.91. The normalized spacial score (nSPS) is 22.4. The van der Waals surface area contributed by atoms with Crippen LogP contribution in [0.25, 0.3) is 0 Å². The molecule has 70 valence electrons. The molecule has 0 aromatic rings. The molecule has 0 aromatic heterocycles. The Morgan fingerprint density at radius 3 is 2.33 bits per heavy atom. The summed E-state index contributed by atoms with van der Waals surface area (Å²) in [4.78, 5) is 12.9. The Hall–Kier alpha value is -0.570. The molecule has 0 aliphatic carbocycles. The maximum absolute atomic E-state index is 11.0. The van der Waals surface area contributed by atoms with E-state index in [0.29, 0.717) is 0 Å². The molecule has 1 aliphatic rings. The molecule has 1 aliphatic heterocycles. The van der Waals surface area contributed by atoms with Crippen LogP contribution in [0.2, 0.25) is 0 Å². The molecule has 1 heterocycles. The number of rotatable bonds is 1. The second-order valence-corrected chi connectivity index (χ2v) is 4.02. The highest BCUT2D eigenvalue weighted by atomic mass is 16.2. The van der Waals surface area contributed by atoms with Crippen molar-refractivity contribution in [1.82, 2.24) is 4.90 Å². The van der Waals surface area contributed by atoms with Crippen LogP contribution in [0.3, 0.4) is 0 Å². The number of nitrogens with zero attached hydrogens (tertiary/aromatic N) is 1. The molecule has 1 amide bonds. The molecular formula is C9H18N2O. The van der Waals surface area contributed by atoms with Crippen molar-refractivity contribution in [2.75, 3.05) is 19.6 Å². The van der Waals surface area contributed by atoms with Crippen molar-refractivity contribution in [3.63, 3.8) is 0 Å². The van der Waals surface area contributed by atoms with Gasteiger partial charge in [0.25, 0.3) is 0 Å². The van der Waals surface area contributed by atoms with E-state index in [1.54, 1.807) is 6.92 Å². The summed E-state index contributed by atoms with van der Waals surface area (Å²) >= 11 is 0. The van der Waals surface area contributed by atoms with Crippen LogP contribution in [-0.2, 0) is 4.79 Å². The zero-order valence-electron chi connectivity index (χ0n) is 7.97. The van der Waals surface area contributed by atoms with E-state index in [2.05, 4.69) is 6.92 Å². The summed E-state index contributed by atoms with van der Waals surface area (Å²) in [6, 6.07) is 0. The van der Waals surface area contributed by atoms with Crippen molar-refractivity contribution >= 4 is 5.91 Å². The van der Waals surface area contributed by atoms with Crippen LogP contribution < -0.4 is 5.73 Å². The Balaban J connectivity index is 2.44. The maximum atomic E-state index is 11.0. The molecule has 0 saturated carbocycles. The van der Waals surface area contributed by atoms with Crippen LogP contribution >= 0.6 is 0 Å². The second-order valence-electron chi connectivity index (χ2n) is 4.02. The first-order valence-electron chi connectivity index (χ1n) is 4.53. The molecule has 2 N–H and O–H groups in total. The van der Waals surface area contributed by atoms with E-state index in [1.807, 2.05) is 4.90 Å². The molecule has 3 nitrogen and oxygen atoms in total. The van der Waals surface area contributed by atoms with Crippen molar-refractivity contribution in [1.29, 1.82) is 0 Å². The minimum Gasteiger partial charge on any atom is -0.343 e. The van der Waals surface area contributed by atoms with Gasteiger partial charge < -0.3 is 10.6 Å². The zero-order chi connectivity index (χ0) is 9.19. The molecule has 0 aromatic carbocycles. The largest absolute Gasteiger partial charge is 0.343 e. The maximum Gasteiger partial charge on any atom is 0.219 e. The third kappa shape index (κ3) is 1.97. The van der Waals surface area contributed by atoms with Crippen LogP contribution in [0.1, 0.15) is 26.7 Å². The van der Waals surface area contributed by atoms with Crippen LogP contribution in [0.5, 0.6) is 0 Å². The molecular weight excluding hydrogens is 152 g/mol. The first kappa shape index (κ1) is 9.52. The molecule has 0 atom stereocenters. The molecule has 1 saturated heterocycles. The minimum absolute atomic E-state index is 0.189. The highest BCUT2D eigenvalue weighted by molar-refractivity contribution is 5.73. The van der Waals surface area contributed by atoms with Gasteiger partial charge in [-0.25, -0.2) is 0 Å². The van der Waals surface area contributed by atoms with Gasteiger partial charge in [-0.1, -0.05) is 6.92 Å². The van der Waals surface area contributed by atoms with E-state index in [0.717, 1.165) is 32.5 Å². The predicted octanol–water partition coefficient (Wildman–Crippen LogP) is 0.594. The van der Waals surface area contributed by atoms with Gasteiger partial charge in [-0.3, -0.25) is 4.79 Å². The molecule has 0 spiro atoms. The summed E-state index contributed by atoms with van der Waals surface area (Å²) < 4.78 is 0. The van der Waals surface area contributed by atoms with Gasteiger partial charge in [-0.2, -0.15) is 0 Å². The highest BCUT2D eigenvalue weighted by Crippen LogP contribution is 2.29. The van der Waals surface area contributed by atoms with Crippen molar-refractivity contribution in [2.24, 2.45) is 11.1 Å². The van der Waals surface area contributed by atoms with Crippen molar-refractivity contribution in [2.45, 2.75) is 26.7 Å². The fourth-order valence-corrected chi connectivity index (χ4v) is 1.57. The van der Waals surface area contributed by atoms with Crippen LogP contribution in [0.15, 0.2) is 0 Å². The first-order valence-corrected chi connectivity index (χ1v) is 4.53. The van der Waals surface area contributed by atoms with Gasteiger partial charge in [0, 0.05) is 20.0 Å². The molecule has 0 bridgehead atoms. The number of carbonyl (C=O) groups is 1. The van der Waals surface area contributed by atoms with Crippen LogP contribution in [0, 0.1) is 5.41 Å². The Bertz CT molecular complexity index is 171. The number of carbonyl (C=O) groups excluding carboxylic acids is 1. The fraction of sp³-hybridized carbons (Fsp3) is 0.889. The van der Waals surface area contributed by atoms with Crippen molar-refractivity contribution < 1.29 is 4.79 Å². The average molecular weight is 170 g/mol. The summed E-state index contributed by atoms with van der Waals surface area (Å²) in [5.41, 5.74) is 5.93. The smallest absolute Gasteiger partial charge is 0.219 e. The van der Waals surface area contributed by atoms with Gasteiger partial charge in [0.1, 0.15) is 0 Å². The van der Waals surface area contributed by atoms with Crippen molar-refractivity contribution in [3.8, 4) is 0 Å². The number of amides is 1. The Morgan fingerprint density at radius 2 is 2.00 bits per heavy atom. The number of piperidine rings is 1. The van der Waals surface area contributed by atoms with E-state index < -0.39 is 0 Å². The molecule has 0 radical (unpaired) electrons. The number of hydrogen-bond donors (Lipinski definition) is 1. The summed E-state index contributed by atoms with van der Waals surface area (Å²) in [5, 5.41) is 0. The lowest BCUT2D eigenvalue weighted by molar-refractivity contribution is -0.130. The molecule has 12 heavy (non-hydrogen) atoms. The monoisotopic (exact) mass is 170 g/mol. The number of likely N-dealkylation sites (tertiary alicyclic amines) is 1. The summed E-state index contributed by atoms with van der Waals surface area (Å²) in [7, 11) is 0.